The van der Waals surface area contributed by atoms with Crippen molar-refractivity contribution < 1.29 is 14.6 Å². The van der Waals surface area contributed by atoms with E-state index in [0.717, 1.165) is 6.42 Å². The first-order valence-corrected chi connectivity index (χ1v) is 6.51. The lowest BCUT2D eigenvalue weighted by Crippen LogP contribution is -2.33. The Morgan fingerprint density at radius 1 is 1.32 bits per heavy atom. The van der Waals surface area contributed by atoms with E-state index >= 15 is 0 Å². The third-order valence-electron chi connectivity index (χ3n) is 3.70. The van der Waals surface area contributed by atoms with Crippen LogP contribution in [0, 0.1) is 5.92 Å². The summed E-state index contributed by atoms with van der Waals surface area (Å²) in [6, 6.07) is 3.46. The van der Waals surface area contributed by atoms with Gasteiger partial charge in [0.15, 0.2) is 0 Å². The molecule has 1 aromatic heterocycles. The van der Waals surface area contributed by atoms with E-state index in [-0.39, 0.29) is 17.1 Å². The van der Waals surface area contributed by atoms with E-state index in [1.807, 2.05) is 27.7 Å². The van der Waals surface area contributed by atoms with Crippen molar-refractivity contribution in [3.63, 3.8) is 0 Å². The molecule has 1 N–H and O–H groups in total. The van der Waals surface area contributed by atoms with Gasteiger partial charge in [0.25, 0.3) is 0 Å². The molecular formula is C14H22N2O3. The zero-order valence-corrected chi connectivity index (χ0v) is 12.2. The molecule has 0 bridgehead atoms. The summed E-state index contributed by atoms with van der Waals surface area (Å²) >= 11 is 0. The van der Waals surface area contributed by atoms with E-state index in [4.69, 9.17) is 9.47 Å². The fourth-order valence-electron chi connectivity index (χ4n) is 2.90. The lowest BCUT2D eigenvalue weighted by Gasteiger charge is -2.29. The molecule has 2 atom stereocenters. The Labute approximate surface area is 114 Å². The van der Waals surface area contributed by atoms with Gasteiger partial charge in [-0.2, -0.15) is 0 Å². The molecule has 0 spiro atoms. The monoisotopic (exact) mass is 266 g/mol. The number of hydrogen-bond acceptors (Lipinski definition) is 5. The summed E-state index contributed by atoms with van der Waals surface area (Å²) in [6.07, 6.45) is 0.102. The molecule has 0 aromatic carbocycles. The smallest absolute Gasteiger partial charge is 0.233 e. The van der Waals surface area contributed by atoms with Crippen molar-refractivity contribution >= 4 is 0 Å². The van der Waals surface area contributed by atoms with E-state index in [1.54, 1.807) is 12.1 Å². The highest BCUT2D eigenvalue weighted by Crippen LogP contribution is 2.47. The van der Waals surface area contributed by atoms with Crippen LogP contribution in [0.4, 0.5) is 0 Å². The van der Waals surface area contributed by atoms with Gasteiger partial charge in [-0.05, 0) is 40.2 Å². The number of rotatable bonds is 3. The van der Waals surface area contributed by atoms with Gasteiger partial charge in [-0.3, -0.25) is 0 Å². The Morgan fingerprint density at radius 3 is 2.42 bits per heavy atom. The van der Waals surface area contributed by atoms with Crippen LogP contribution in [0.1, 0.15) is 45.9 Å². The quantitative estimate of drug-likeness (QED) is 0.907. The Bertz CT molecular complexity index is 443. The Hall–Kier alpha value is -1.20. The van der Waals surface area contributed by atoms with Crippen LogP contribution in [0.3, 0.4) is 0 Å². The lowest BCUT2D eigenvalue weighted by atomic mass is 9.82. The molecule has 0 saturated carbocycles. The first-order chi connectivity index (χ1) is 8.75. The third-order valence-corrected chi connectivity index (χ3v) is 3.70. The van der Waals surface area contributed by atoms with E-state index in [2.05, 4.69) is 10.2 Å². The largest absolute Gasteiger partial charge is 0.480 e. The third kappa shape index (κ3) is 2.87. The van der Waals surface area contributed by atoms with Gasteiger partial charge in [0, 0.05) is 12.0 Å². The van der Waals surface area contributed by atoms with Gasteiger partial charge >= 0.3 is 0 Å². The number of aliphatic hydroxyl groups is 1. The lowest BCUT2D eigenvalue weighted by molar-refractivity contribution is -0.0884. The molecule has 2 heterocycles. The van der Waals surface area contributed by atoms with Gasteiger partial charge in [-0.1, -0.05) is 0 Å². The Kier molecular flexibility index (Phi) is 3.53. The van der Waals surface area contributed by atoms with Gasteiger partial charge in [0.05, 0.1) is 24.0 Å². The second kappa shape index (κ2) is 4.72. The van der Waals surface area contributed by atoms with E-state index < -0.39 is 6.10 Å². The summed E-state index contributed by atoms with van der Waals surface area (Å²) in [4.78, 5) is 0. The molecule has 5 nitrogen and oxygen atoms in total. The normalized spacial score (nSPS) is 26.1. The number of nitrogens with zero attached hydrogens (tertiary/aromatic N) is 2. The molecule has 0 aliphatic carbocycles. The van der Waals surface area contributed by atoms with Crippen molar-refractivity contribution in [3.8, 4) is 5.88 Å². The van der Waals surface area contributed by atoms with Crippen molar-refractivity contribution in [2.45, 2.75) is 51.4 Å². The van der Waals surface area contributed by atoms with Gasteiger partial charge in [0.2, 0.25) is 5.88 Å². The van der Waals surface area contributed by atoms with Crippen LogP contribution >= 0.6 is 0 Å². The molecule has 1 aliphatic heterocycles. The first kappa shape index (κ1) is 14.2. The summed E-state index contributed by atoms with van der Waals surface area (Å²) < 4.78 is 11.0. The maximum absolute atomic E-state index is 10.5. The molecule has 1 aromatic rings. The number of aromatic nitrogens is 2. The second-order valence-electron chi connectivity index (χ2n) is 6.22. The van der Waals surface area contributed by atoms with E-state index in [0.29, 0.717) is 11.6 Å². The zero-order valence-electron chi connectivity index (χ0n) is 12.2. The van der Waals surface area contributed by atoms with Crippen molar-refractivity contribution in [2.75, 3.05) is 7.11 Å². The molecule has 0 amide bonds. The van der Waals surface area contributed by atoms with Crippen LogP contribution in [-0.2, 0) is 4.74 Å². The highest BCUT2D eigenvalue weighted by molar-refractivity contribution is 5.15. The average molecular weight is 266 g/mol. The van der Waals surface area contributed by atoms with Crippen LogP contribution in [0.2, 0.25) is 0 Å². The van der Waals surface area contributed by atoms with Crippen molar-refractivity contribution in [2.24, 2.45) is 5.92 Å². The molecule has 1 saturated heterocycles. The van der Waals surface area contributed by atoms with Crippen molar-refractivity contribution in [1.29, 1.82) is 0 Å². The maximum Gasteiger partial charge on any atom is 0.233 e. The molecule has 2 rings (SSSR count). The van der Waals surface area contributed by atoms with Gasteiger partial charge in [-0.15, -0.1) is 10.2 Å². The average Bonchev–Trinajstić information content (AvgIpc) is 2.56. The van der Waals surface area contributed by atoms with Gasteiger partial charge in [0.1, 0.15) is 6.10 Å². The number of hydrogen-bond donors (Lipinski definition) is 1. The molecule has 19 heavy (non-hydrogen) atoms. The highest BCUT2D eigenvalue weighted by atomic mass is 16.5. The van der Waals surface area contributed by atoms with Crippen molar-refractivity contribution in [3.05, 3.63) is 17.8 Å². The van der Waals surface area contributed by atoms with Crippen LogP contribution in [0.25, 0.3) is 0 Å². The summed E-state index contributed by atoms with van der Waals surface area (Å²) in [7, 11) is 1.54. The van der Waals surface area contributed by atoms with Crippen LogP contribution in [0.15, 0.2) is 12.1 Å². The van der Waals surface area contributed by atoms with Gasteiger partial charge in [-0.25, -0.2) is 0 Å². The molecule has 2 unspecified atom stereocenters. The number of aliphatic hydroxyl groups excluding tert-OH is 1. The maximum atomic E-state index is 10.5. The zero-order chi connectivity index (χ0) is 14.3. The summed E-state index contributed by atoms with van der Waals surface area (Å²) in [5.41, 5.74) is -0.0558. The Morgan fingerprint density at radius 2 is 2.00 bits per heavy atom. The number of ether oxygens (including phenoxy) is 2. The minimum atomic E-state index is -0.685. The van der Waals surface area contributed by atoms with Crippen LogP contribution in [-0.4, -0.2) is 33.6 Å². The molecule has 0 radical (unpaired) electrons. The summed E-state index contributed by atoms with van der Waals surface area (Å²) in [5.74, 6) is 0.434. The minimum absolute atomic E-state index is 0.00908. The topological polar surface area (TPSA) is 64.5 Å². The molecular weight excluding hydrogens is 244 g/mol. The minimum Gasteiger partial charge on any atom is -0.480 e. The SMILES string of the molecule is COc1ccc(C(O)C2CC(C)(C)OC2(C)C)nn1. The Balaban J connectivity index is 2.21. The fourth-order valence-corrected chi connectivity index (χ4v) is 2.90. The van der Waals surface area contributed by atoms with E-state index in [9.17, 15) is 5.11 Å². The van der Waals surface area contributed by atoms with Crippen LogP contribution < -0.4 is 4.74 Å². The molecule has 1 fully saturated rings. The van der Waals surface area contributed by atoms with E-state index in [1.165, 1.54) is 7.11 Å². The predicted molar refractivity (Wildman–Crippen MR) is 70.9 cm³/mol. The first-order valence-electron chi connectivity index (χ1n) is 6.51. The number of methoxy groups -OCH3 is 1. The van der Waals surface area contributed by atoms with Crippen LogP contribution in [0.5, 0.6) is 5.88 Å². The molecule has 1 aliphatic rings. The summed E-state index contributed by atoms with van der Waals surface area (Å²) in [5, 5.41) is 18.5. The predicted octanol–water partition coefficient (Wildman–Crippen LogP) is 2.11. The standard InChI is InChI=1S/C14H22N2O3/c1-13(2)8-9(14(3,4)19-13)12(17)10-6-7-11(18-5)16-15-10/h6-7,9,12,17H,8H2,1-5H3. The summed E-state index contributed by atoms with van der Waals surface area (Å²) in [6.45, 7) is 8.10. The van der Waals surface area contributed by atoms with Gasteiger partial charge < -0.3 is 14.6 Å². The second-order valence-corrected chi connectivity index (χ2v) is 6.22. The highest BCUT2D eigenvalue weighted by Gasteiger charge is 2.49. The fraction of sp³-hybridized carbons (Fsp3) is 0.714. The molecule has 106 valence electrons. The van der Waals surface area contributed by atoms with Crippen molar-refractivity contribution in [1.82, 2.24) is 10.2 Å². The molecule has 5 heteroatoms.